The standard InChI is InChI=1S/C14H19NO4S.C6H12O2.2C3H8/c1-19-14(16)12-7-6-11(10-13(12)20(2,17)18)15-8-4-3-5-9-15;1-5(7)8-6(2,3)4;2*1-3-2/h6-7,10H,3-5,8-9H2,1-2H3;1-4H3;2*3H2,1-2H3. The number of benzene rings is 1. The van der Waals surface area contributed by atoms with Crippen LogP contribution in [0.1, 0.15) is 97.9 Å². The molecule has 0 amide bonds. The topological polar surface area (TPSA) is 90.0 Å². The maximum atomic E-state index is 11.9. The van der Waals surface area contributed by atoms with Gasteiger partial charge in [-0.1, -0.05) is 40.5 Å². The molecular formula is C26H47NO6S. The van der Waals surface area contributed by atoms with Gasteiger partial charge in [-0.3, -0.25) is 4.79 Å². The zero-order chi connectivity index (χ0) is 26.9. The van der Waals surface area contributed by atoms with Gasteiger partial charge in [-0.2, -0.15) is 0 Å². The summed E-state index contributed by atoms with van der Waals surface area (Å²) in [5.41, 5.74) is 0.611. The lowest BCUT2D eigenvalue weighted by Gasteiger charge is -2.29. The summed E-state index contributed by atoms with van der Waals surface area (Å²) >= 11 is 0. The van der Waals surface area contributed by atoms with Crippen LogP contribution in [0, 0.1) is 0 Å². The van der Waals surface area contributed by atoms with Gasteiger partial charge in [-0.15, -0.1) is 0 Å². The van der Waals surface area contributed by atoms with E-state index in [-0.39, 0.29) is 22.0 Å². The lowest BCUT2D eigenvalue weighted by atomic mass is 10.1. The number of piperidine rings is 1. The molecule has 0 aromatic heterocycles. The van der Waals surface area contributed by atoms with Crippen molar-refractivity contribution in [1.29, 1.82) is 0 Å². The average Bonchev–Trinajstić information content (AvgIpc) is 2.72. The van der Waals surface area contributed by atoms with E-state index in [4.69, 9.17) is 4.74 Å². The van der Waals surface area contributed by atoms with Gasteiger partial charge in [0.25, 0.3) is 0 Å². The van der Waals surface area contributed by atoms with Gasteiger partial charge in [0, 0.05) is 32.0 Å². The van der Waals surface area contributed by atoms with Crippen LogP contribution in [0.15, 0.2) is 23.1 Å². The number of sulfone groups is 1. The number of ether oxygens (including phenoxy) is 2. The van der Waals surface area contributed by atoms with E-state index in [1.54, 1.807) is 12.1 Å². The number of anilines is 1. The highest BCUT2D eigenvalue weighted by molar-refractivity contribution is 7.90. The summed E-state index contributed by atoms with van der Waals surface area (Å²) in [6, 6.07) is 4.89. The molecule has 1 aliphatic heterocycles. The zero-order valence-corrected chi connectivity index (χ0v) is 23.8. The van der Waals surface area contributed by atoms with Gasteiger partial charge in [0.2, 0.25) is 0 Å². The molecule has 1 saturated heterocycles. The van der Waals surface area contributed by atoms with E-state index in [2.05, 4.69) is 37.3 Å². The Morgan fingerprint density at radius 1 is 0.971 bits per heavy atom. The van der Waals surface area contributed by atoms with Crippen LogP contribution < -0.4 is 4.90 Å². The van der Waals surface area contributed by atoms with E-state index in [1.807, 2.05) is 20.8 Å². The monoisotopic (exact) mass is 501 g/mol. The maximum absolute atomic E-state index is 11.9. The fourth-order valence-electron chi connectivity index (χ4n) is 2.88. The smallest absolute Gasteiger partial charge is 0.339 e. The van der Waals surface area contributed by atoms with Gasteiger partial charge in [0.1, 0.15) is 5.60 Å². The number of hydrogen-bond donors (Lipinski definition) is 0. The average molecular weight is 502 g/mol. The molecule has 1 fully saturated rings. The molecule has 0 unspecified atom stereocenters. The third kappa shape index (κ3) is 15.7. The molecule has 0 spiro atoms. The Labute approximate surface area is 208 Å². The summed E-state index contributed by atoms with van der Waals surface area (Å²) in [6.07, 6.45) is 7.02. The van der Waals surface area contributed by atoms with Crippen LogP contribution in [0.25, 0.3) is 0 Å². The van der Waals surface area contributed by atoms with Crippen molar-refractivity contribution >= 4 is 27.5 Å². The predicted octanol–water partition coefficient (Wildman–Crippen LogP) is 6.05. The molecule has 7 nitrogen and oxygen atoms in total. The summed E-state index contributed by atoms with van der Waals surface area (Å²) in [5, 5.41) is 0. The number of carbonyl (C=O) groups excluding carboxylic acids is 2. The van der Waals surface area contributed by atoms with E-state index < -0.39 is 15.8 Å². The molecule has 0 atom stereocenters. The van der Waals surface area contributed by atoms with Gasteiger partial charge in [0.05, 0.1) is 17.6 Å². The Hall–Kier alpha value is -2.09. The van der Waals surface area contributed by atoms with Crippen molar-refractivity contribution < 1.29 is 27.5 Å². The number of rotatable bonds is 3. The first-order chi connectivity index (χ1) is 15.7. The first-order valence-electron chi connectivity index (χ1n) is 12.0. The molecule has 0 aliphatic carbocycles. The lowest BCUT2D eigenvalue weighted by Crippen LogP contribution is -2.29. The molecule has 1 aliphatic rings. The number of esters is 2. The van der Waals surface area contributed by atoms with Gasteiger partial charge < -0.3 is 14.4 Å². The fourth-order valence-corrected chi connectivity index (χ4v) is 3.76. The van der Waals surface area contributed by atoms with Crippen LogP contribution >= 0.6 is 0 Å². The van der Waals surface area contributed by atoms with E-state index in [0.717, 1.165) is 37.9 Å². The second-order valence-electron chi connectivity index (χ2n) is 9.11. The molecule has 0 saturated carbocycles. The molecule has 2 rings (SSSR count). The minimum absolute atomic E-state index is 0.0347. The molecule has 34 heavy (non-hydrogen) atoms. The fraction of sp³-hybridized carbons (Fsp3) is 0.692. The lowest BCUT2D eigenvalue weighted by molar-refractivity contribution is -0.151. The minimum atomic E-state index is -3.48. The van der Waals surface area contributed by atoms with Crippen LogP contribution in [-0.2, 0) is 24.1 Å². The van der Waals surface area contributed by atoms with E-state index in [0.29, 0.717) is 0 Å². The SMILES string of the molecule is CC(=O)OC(C)(C)C.CCC.CCC.COC(=O)c1ccc(N2CCCCC2)cc1S(C)(=O)=O. The van der Waals surface area contributed by atoms with Crippen LogP contribution in [-0.4, -0.2) is 52.4 Å². The molecule has 8 heteroatoms. The van der Waals surface area contributed by atoms with Crippen molar-refractivity contribution in [2.24, 2.45) is 0 Å². The van der Waals surface area contributed by atoms with Gasteiger partial charge in [-0.25, -0.2) is 13.2 Å². The number of hydrogen-bond acceptors (Lipinski definition) is 7. The van der Waals surface area contributed by atoms with Crippen molar-refractivity contribution in [2.75, 3.05) is 31.4 Å². The highest BCUT2D eigenvalue weighted by atomic mass is 32.2. The maximum Gasteiger partial charge on any atom is 0.339 e. The molecule has 1 aromatic rings. The Balaban J connectivity index is 0. The Bertz CT molecular complexity index is 820. The van der Waals surface area contributed by atoms with Gasteiger partial charge in [0.15, 0.2) is 9.84 Å². The second-order valence-corrected chi connectivity index (χ2v) is 11.1. The second kappa shape index (κ2) is 17.4. The molecule has 0 N–H and O–H groups in total. The van der Waals surface area contributed by atoms with Gasteiger partial charge in [-0.05, 0) is 58.2 Å². The van der Waals surface area contributed by atoms with Crippen LogP contribution in [0.5, 0.6) is 0 Å². The summed E-state index contributed by atoms with van der Waals surface area (Å²) in [4.78, 5) is 24.1. The Morgan fingerprint density at radius 3 is 1.76 bits per heavy atom. The molecule has 0 bridgehead atoms. The van der Waals surface area contributed by atoms with Crippen molar-refractivity contribution in [2.45, 2.75) is 98.0 Å². The third-order valence-electron chi connectivity index (χ3n) is 3.94. The van der Waals surface area contributed by atoms with Crippen LogP contribution in [0.2, 0.25) is 0 Å². The summed E-state index contributed by atoms with van der Waals surface area (Å²) in [7, 11) is -2.23. The van der Waals surface area contributed by atoms with Crippen molar-refractivity contribution in [3.8, 4) is 0 Å². The number of methoxy groups -OCH3 is 1. The van der Waals surface area contributed by atoms with Gasteiger partial charge >= 0.3 is 11.9 Å². The first-order valence-corrected chi connectivity index (χ1v) is 13.9. The van der Waals surface area contributed by atoms with E-state index in [9.17, 15) is 18.0 Å². The minimum Gasteiger partial charge on any atom is -0.465 e. The van der Waals surface area contributed by atoms with E-state index in [1.165, 1.54) is 39.4 Å². The molecule has 0 radical (unpaired) electrons. The highest BCUT2D eigenvalue weighted by Gasteiger charge is 2.22. The normalized spacial score (nSPS) is 13.1. The third-order valence-corrected chi connectivity index (χ3v) is 5.08. The molecule has 198 valence electrons. The van der Waals surface area contributed by atoms with Crippen molar-refractivity contribution in [3.05, 3.63) is 23.8 Å². The number of carbonyl (C=O) groups is 2. The van der Waals surface area contributed by atoms with Crippen molar-refractivity contribution in [3.63, 3.8) is 0 Å². The molecular weight excluding hydrogens is 454 g/mol. The summed E-state index contributed by atoms with van der Waals surface area (Å²) in [5.74, 6) is -0.854. The highest BCUT2D eigenvalue weighted by Crippen LogP contribution is 2.26. The predicted molar refractivity (Wildman–Crippen MR) is 140 cm³/mol. The van der Waals surface area contributed by atoms with Crippen molar-refractivity contribution in [1.82, 2.24) is 0 Å². The Morgan fingerprint density at radius 2 is 1.44 bits per heavy atom. The molecule has 1 aromatic carbocycles. The molecule has 1 heterocycles. The Kier molecular flexibility index (Phi) is 17.4. The largest absolute Gasteiger partial charge is 0.465 e. The summed E-state index contributed by atoms with van der Waals surface area (Å²) in [6.45, 7) is 17.3. The zero-order valence-electron chi connectivity index (χ0n) is 23.0. The summed E-state index contributed by atoms with van der Waals surface area (Å²) < 4.78 is 33.2. The van der Waals surface area contributed by atoms with Crippen LogP contribution in [0.3, 0.4) is 0 Å². The first kappa shape index (κ1) is 34.1. The number of nitrogens with zero attached hydrogens (tertiary/aromatic N) is 1. The quantitative estimate of drug-likeness (QED) is 0.466. The van der Waals surface area contributed by atoms with E-state index >= 15 is 0 Å². The van der Waals surface area contributed by atoms with Crippen LogP contribution in [0.4, 0.5) is 5.69 Å².